The molecule has 26 heavy (non-hydrogen) atoms. The Balaban J connectivity index is 1.67. The molecule has 1 atom stereocenters. The maximum Gasteiger partial charge on any atom is 0.387 e. The van der Waals surface area contributed by atoms with Crippen molar-refractivity contribution in [2.45, 2.75) is 13.0 Å². The van der Waals surface area contributed by atoms with Crippen molar-refractivity contribution in [3.63, 3.8) is 0 Å². The van der Waals surface area contributed by atoms with Gasteiger partial charge in [-0.25, -0.2) is 0 Å². The third kappa shape index (κ3) is 4.04. The van der Waals surface area contributed by atoms with Crippen molar-refractivity contribution in [2.24, 2.45) is 5.92 Å². The second kappa shape index (κ2) is 8.03. The molecule has 0 saturated heterocycles. The van der Waals surface area contributed by atoms with E-state index in [1.807, 2.05) is 24.3 Å². The molecule has 1 aliphatic rings. The number of halogens is 2. The quantitative estimate of drug-likeness (QED) is 0.856. The number of carbonyl (C=O) groups excluding carboxylic acids is 1. The van der Waals surface area contributed by atoms with Crippen molar-refractivity contribution in [1.29, 1.82) is 0 Å². The molecule has 138 valence electrons. The van der Waals surface area contributed by atoms with Gasteiger partial charge in [-0.05, 0) is 30.2 Å². The molecule has 0 saturated carbocycles. The van der Waals surface area contributed by atoms with Gasteiger partial charge in [0.05, 0.1) is 19.3 Å². The highest BCUT2D eigenvalue weighted by atomic mass is 19.3. The van der Waals surface area contributed by atoms with E-state index in [9.17, 15) is 13.6 Å². The van der Waals surface area contributed by atoms with Crippen LogP contribution in [0.15, 0.2) is 42.5 Å². The molecule has 0 fully saturated rings. The molecule has 1 amide bonds. The number of nitrogens with one attached hydrogen (secondary N) is 1. The van der Waals surface area contributed by atoms with E-state index in [2.05, 4.69) is 10.1 Å². The third-order valence-corrected chi connectivity index (χ3v) is 4.16. The molecule has 0 aromatic heterocycles. The average Bonchev–Trinajstić information content (AvgIpc) is 2.65. The number of rotatable bonds is 6. The van der Waals surface area contributed by atoms with Crippen LogP contribution in [0.2, 0.25) is 0 Å². The highest BCUT2D eigenvalue weighted by Gasteiger charge is 2.23. The number of carbonyl (C=O) groups is 1. The van der Waals surface area contributed by atoms with Gasteiger partial charge in [0.2, 0.25) is 0 Å². The van der Waals surface area contributed by atoms with Crippen LogP contribution in [0.5, 0.6) is 17.2 Å². The Bertz CT molecular complexity index is 782. The lowest BCUT2D eigenvalue weighted by Gasteiger charge is -2.25. The van der Waals surface area contributed by atoms with Crippen LogP contribution >= 0.6 is 0 Å². The molecule has 1 aliphatic heterocycles. The van der Waals surface area contributed by atoms with Crippen LogP contribution in [0.4, 0.5) is 8.78 Å². The van der Waals surface area contributed by atoms with Gasteiger partial charge in [0.25, 0.3) is 5.91 Å². The number of para-hydroxylation sites is 2. The van der Waals surface area contributed by atoms with Gasteiger partial charge in [0, 0.05) is 12.5 Å². The number of fused-ring (bicyclic) bond motifs is 1. The number of hydrogen-bond donors (Lipinski definition) is 1. The van der Waals surface area contributed by atoms with Gasteiger partial charge < -0.3 is 19.5 Å². The van der Waals surface area contributed by atoms with Crippen molar-refractivity contribution in [3.05, 3.63) is 53.6 Å². The molecular weight excluding hydrogens is 344 g/mol. The monoisotopic (exact) mass is 363 g/mol. The van der Waals surface area contributed by atoms with Crippen LogP contribution in [0.3, 0.4) is 0 Å². The lowest BCUT2D eigenvalue weighted by molar-refractivity contribution is -0.0515. The molecule has 3 rings (SSSR count). The maximum atomic E-state index is 12.7. The van der Waals surface area contributed by atoms with E-state index in [1.165, 1.54) is 19.2 Å². The second-order valence-electron chi connectivity index (χ2n) is 5.91. The van der Waals surface area contributed by atoms with Crippen molar-refractivity contribution < 1.29 is 27.8 Å². The van der Waals surface area contributed by atoms with Crippen LogP contribution < -0.4 is 19.5 Å². The summed E-state index contributed by atoms with van der Waals surface area (Å²) < 4.78 is 40.5. The fourth-order valence-electron chi connectivity index (χ4n) is 2.92. The summed E-state index contributed by atoms with van der Waals surface area (Å²) in [5.41, 5.74) is 1.09. The fraction of sp³-hybridized carbons (Fsp3) is 0.316. The first-order valence-corrected chi connectivity index (χ1v) is 8.19. The van der Waals surface area contributed by atoms with E-state index in [0.717, 1.165) is 17.7 Å². The summed E-state index contributed by atoms with van der Waals surface area (Å²) in [5.74, 6) is 0.258. The molecule has 0 spiro atoms. The minimum atomic E-state index is -3.05. The van der Waals surface area contributed by atoms with Crippen molar-refractivity contribution in [3.8, 4) is 17.2 Å². The summed E-state index contributed by atoms with van der Waals surface area (Å²) in [6.45, 7) is -2.21. The highest BCUT2D eigenvalue weighted by Crippen LogP contribution is 2.32. The van der Waals surface area contributed by atoms with E-state index in [0.29, 0.717) is 13.2 Å². The van der Waals surface area contributed by atoms with Gasteiger partial charge in [0.15, 0.2) is 11.5 Å². The fourth-order valence-corrected chi connectivity index (χ4v) is 2.92. The Morgan fingerprint density at radius 1 is 1.27 bits per heavy atom. The predicted molar refractivity (Wildman–Crippen MR) is 91.1 cm³/mol. The number of methoxy groups -OCH3 is 1. The van der Waals surface area contributed by atoms with Crippen LogP contribution in [-0.4, -0.2) is 32.8 Å². The summed E-state index contributed by atoms with van der Waals surface area (Å²) in [6.07, 6.45) is 0.773. The topological polar surface area (TPSA) is 56.8 Å². The molecule has 5 nitrogen and oxygen atoms in total. The average molecular weight is 363 g/mol. The first-order chi connectivity index (χ1) is 12.6. The SMILES string of the molecule is COc1cccc(C(=O)NCC2COc3ccccc3C2)c1OC(F)F. The first kappa shape index (κ1) is 18.0. The minimum Gasteiger partial charge on any atom is -0.493 e. The van der Waals surface area contributed by atoms with Crippen molar-refractivity contribution >= 4 is 5.91 Å². The highest BCUT2D eigenvalue weighted by molar-refractivity contribution is 5.97. The van der Waals surface area contributed by atoms with E-state index >= 15 is 0 Å². The zero-order valence-corrected chi connectivity index (χ0v) is 14.2. The summed E-state index contributed by atoms with van der Waals surface area (Å²) in [6, 6.07) is 12.2. The normalized spacial score (nSPS) is 15.8. The van der Waals surface area contributed by atoms with Crippen LogP contribution in [-0.2, 0) is 6.42 Å². The minimum absolute atomic E-state index is 0.00165. The smallest absolute Gasteiger partial charge is 0.387 e. The zero-order valence-electron chi connectivity index (χ0n) is 14.2. The number of hydrogen-bond acceptors (Lipinski definition) is 4. The standard InChI is InChI=1S/C19H19F2NO4/c1-24-16-8-4-6-14(17(16)26-19(20)21)18(23)22-10-12-9-13-5-2-3-7-15(13)25-11-12/h2-8,12,19H,9-11H2,1H3,(H,22,23). The summed E-state index contributed by atoms with van der Waals surface area (Å²) in [5, 5.41) is 2.77. The predicted octanol–water partition coefficient (Wildman–Crippen LogP) is 3.28. The van der Waals surface area contributed by atoms with E-state index in [-0.39, 0.29) is 23.0 Å². The van der Waals surface area contributed by atoms with E-state index in [4.69, 9.17) is 9.47 Å². The van der Waals surface area contributed by atoms with Crippen molar-refractivity contribution in [2.75, 3.05) is 20.3 Å². The Morgan fingerprint density at radius 3 is 2.85 bits per heavy atom. The molecule has 1 N–H and O–H groups in total. The first-order valence-electron chi connectivity index (χ1n) is 8.19. The third-order valence-electron chi connectivity index (χ3n) is 4.16. The molecule has 0 bridgehead atoms. The van der Waals surface area contributed by atoms with Crippen LogP contribution in [0, 0.1) is 5.92 Å². The summed E-state index contributed by atoms with van der Waals surface area (Å²) >= 11 is 0. The summed E-state index contributed by atoms with van der Waals surface area (Å²) in [7, 11) is 1.33. The second-order valence-corrected chi connectivity index (χ2v) is 5.91. The lowest BCUT2D eigenvalue weighted by Crippen LogP contribution is -2.35. The van der Waals surface area contributed by atoms with E-state index in [1.54, 1.807) is 6.07 Å². The number of ether oxygens (including phenoxy) is 3. The maximum absolute atomic E-state index is 12.7. The Kier molecular flexibility index (Phi) is 5.55. The van der Waals surface area contributed by atoms with Gasteiger partial charge in [-0.15, -0.1) is 0 Å². The number of benzene rings is 2. The van der Waals surface area contributed by atoms with Gasteiger partial charge >= 0.3 is 6.61 Å². The van der Waals surface area contributed by atoms with Crippen LogP contribution in [0.25, 0.3) is 0 Å². The molecule has 2 aromatic carbocycles. The Hall–Kier alpha value is -2.83. The van der Waals surface area contributed by atoms with E-state index < -0.39 is 12.5 Å². The number of alkyl halides is 2. The molecular formula is C19H19F2NO4. The summed E-state index contributed by atoms with van der Waals surface area (Å²) in [4.78, 5) is 12.5. The zero-order chi connectivity index (χ0) is 18.5. The van der Waals surface area contributed by atoms with Gasteiger partial charge in [-0.3, -0.25) is 4.79 Å². The molecule has 1 unspecified atom stereocenters. The molecule has 0 radical (unpaired) electrons. The van der Waals surface area contributed by atoms with Gasteiger partial charge in [-0.2, -0.15) is 8.78 Å². The van der Waals surface area contributed by atoms with Gasteiger partial charge in [0.1, 0.15) is 5.75 Å². The van der Waals surface area contributed by atoms with Gasteiger partial charge in [-0.1, -0.05) is 24.3 Å². The number of amides is 1. The molecule has 0 aliphatic carbocycles. The largest absolute Gasteiger partial charge is 0.493 e. The molecule has 1 heterocycles. The molecule has 2 aromatic rings. The van der Waals surface area contributed by atoms with Crippen LogP contribution in [0.1, 0.15) is 15.9 Å². The lowest BCUT2D eigenvalue weighted by atomic mass is 9.96. The molecule has 7 heteroatoms. The Morgan fingerprint density at radius 2 is 2.08 bits per heavy atom. The van der Waals surface area contributed by atoms with Crippen molar-refractivity contribution in [1.82, 2.24) is 5.32 Å². The Labute approximate surface area is 149 Å².